The second-order valence-corrected chi connectivity index (χ2v) is 7.15. The molecule has 2 aromatic rings. The molecule has 24 heavy (non-hydrogen) atoms. The largest absolute Gasteiger partial charge is 0.378 e. The standard InChI is InChI=1S/C18H24ClN3O2/c1-12(2)18(3,9-13-5-7-15(19)8-6-13)21-17(24)16(23)14-10-20-22(4)11-14/h5-8,10-12,16,23H,9H2,1-4H3,(H,21,24)/t16-,18+/m0/s1. The van der Waals surface area contributed by atoms with Gasteiger partial charge in [-0.2, -0.15) is 5.10 Å². The van der Waals surface area contributed by atoms with Crippen LogP contribution in [0.15, 0.2) is 36.7 Å². The van der Waals surface area contributed by atoms with Crippen LogP contribution in [0.2, 0.25) is 5.02 Å². The van der Waals surface area contributed by atoms with Gasteiger partial charge < -0.3 is 10.4 Å². The van der Waals surface area contributed by atoms with Crippen LogP contribution in [0.3, 0.4) is 0 Å². The molecule has 0 bridgehead atoms. The molecule has 2 N–H and O–H groups in total. The summed E-state index contributed by atoms with van der Waals surface area (Å²) in [6.07, 6.45) is 2.54. The highest BCUT2D eigenvalue weighted by atomic mass is 35.5. The first kappa shape index (κ1) is 18.5. The number of hydrogen-bond donors (Lipinski definition) is 2. The number of aryl methyl sites for hydroxylation is 1. The molecule has 5 nitrogen and oxygen atoms in total. The molecule has 1 heterocycles. The zero-order valence-electron chi connectivity index (χ0n) is 14.5. The SMILES string of the molecule is CC(C)[C@@](C)(Cc1ccc(Cl)cc1)NC(=O)[C@@H](O)c1cnn(C)c1. The lowest BCUT2D eigenvalue weighted by atomic mass is 9.82. The molecular weight excluding hydrogens is 326 g/mol. The van der Waals surface area contributed by atoms with Crippen molar-refractivity contribution in [2.75, 3.05) is 0 Å². The fraction of sp³-hybridized carbons (Fsp3) is 0.444. The molecule has 130 valence electrons. The molecule has 2 atom stereocenters. The van der Waals surface area contributed by atoms with Gasteiger partial charge in [-0.25, -0.2) is 0 Å². The molecule has 2 rings (SSSR count). The summed E-state index contributed by atoms with van der Waals surface area (Å²) in [6, 6.07) is 7.58. The number of aromatic nitrogens is 2. The van der Waals surface area contributed by atoms with Crippen LogP contribution in [0.4, 0.5) is 0 Å². The minimum Gasteiger partial charge on any atom is -0.378 e. The van der Waals surface area contributed by atoms with E-state index in [4.69, 9.17) is 11.6 Å². The van der Waals surface area contributed by atoms with Crippen LogP contribution in [-0.4, -0.2) is 26.3 Å². The van der Waals surface area contributed by atoms with E-state index in [9.17, 15) is 9.90 Å². The summed E-state index contributed by atoms with van der Waals surface area (Å²) in [5.74, 6) is -0.244. The van der Waals surface area contributed by atoms with E-state index in [1.54, 1.807) is 17.9 Å². The minimum absolute atomic E-state index is 0.179. The first-order chi connectivity index (χ1) is 11.2. The summed E-state index contributed by atoms with van der Waals surface area (Å²) >= 11 is 5.93. The average Bonchev–Trinajstić information content (AvgIpc) is 2.95. The monoisotopic (exact) mass is 349 g/mol. The third-order valence-corrected chi connectivity index (χ3v) is 4.71. The van der Waals surface area contributed by atoms with E-state index in [1.807, 2.05) is 45.0 Å². The van der Waals surface area contributed by atoms with Crippen molar-refractivity contribution >= 4 is 17.5 Å². The average molecular weight is 350 g/mol. The van der Waals surface area contributed by atoms with Crippen molar-refractivity contribution in [3.63, 3.8) is 0 Å². The Bertz CT molecular complexity index is 697. The smallest absolute Gasteiger partial charge is 0.254 e. The van der Waals surface area contributed by atoms with Crippen LogP contribution in [0.1, 0.15) is 38.0 Å². The Morgan fingerprint density at radius 1 is 1.38 bits per heavy atom. The quantitative estimate of drug-likeness (QED) is 0.842. The molecule has 6 heteroatoms. The predicted molar refractivity (Wildman–Crippen MR) is 94.7 cm³/mol. The Kier molecular flexibility index (Phi) is 5.67. The number of nitrogens with zero attached hydrogens (tertiary/aromatic N) is 2. The number of halogens is 1. The summed E-state index contributed by atoms with van der Waals surface area (Å²) in [5, 5.41) is 17.9. The van der Waals surface area contributed by atoms with Crippen molar-refractivity contribution in [2.45, 2.75) is 38.8 Å². The van der Waals surface area contributed by atoms with E-state index >= 15 is 0 Å². The third kappa shape index (κ3) is 4.36. The summed E-state index contributed by atoms with van der Waals surface area (Å²) in [6.45, 7) is 6.08. The predicted octanol–water partition coefficient (Wildman–Crippen LogP) is 2.88. The number of carbonyl (C=O) groups is 1. The number of rotatable bonds is 6. The maximum Gasteiger partial charge on any atom is 0.254 e. The van der Waals surface area contributed by atoms with E-state index in [0.29, 0.717) is 17.0 Å². The van der Waals surface area contributed by atoms with Crippen molar-refractivity contribution < 1.29 is 9.90 Å². The van der Waals surface area contributed by atoms with Crippen molar-refractivity contribution in [3.05, 3.63) is 52.8 Å². The summed E-state index contributed by atoms with van der Waals surface area (Å²) in [4.78, 5) is 12.5. The normalized spacial score (nSPS) is 15.1. The van der Waals surface area contributed by atoms with E-state index in [-0.39, 0.29) is 5.92 Å². The maximum atomic E-state index is 12.5. The molecule has 1 aromatic carbocycles. The first-order valence-electron chi connectivity index (χ1n) is 7.94. The number of carbonyl (C=O) groups excluding carboxylic acids is 1. The molecule has 1 aromatic heterocycles. The van der Waals surface area contributed by atoms with Crippen LogP contribution in [0.25, 0.3) is 0 Å². The Balaban J connectivity index is 2.14. The van der Waals surface area contributed by atoms with Crippen LogP contribution >= 0.6 is 11.6 Å². The lowest BCUT2D eigenvalue weighted by Gasteiger charge is -2.36. The fourth-order valence-electron chi connectivity index (χ4n) is 2.50. The van der Waals surface area contributed by atoms with Gasteiger partial charge in [0.15, 0.2) is 6.10 Å². The van der Waals surface area contributed by atoms with Crippen molar-refractivity contribution in [1.82, 2.24) is 15.1 Å². The highest BCUT2D eigenvalue weighted by Gasteiger charge is 2.33. The molecule has 0 fully saturated rings. The summed E-state index contributed by atoms with van der Waals surface area (Å²) in [7, 11) is 1.74. The second kappa shape index (κ2) is 7.36. The number of hydrogen-bond acceptors (Lipinski definition) is 3. The molecule has 0 spiro atoms. The molecule has 0 saturated heterocycles. The van der Waals surface area contributed by atoms with Gasteiger partial charge in [-0.3, -0.25) is 9.48 Å². The molecule has 1 amide bonds. The van der Waals surface area contributed by atoms with Gasteiger partial charge in [-0.05, 0) is 37.0 Å². The number of benzene rings is 1. The molecule has 0 aliphatic rings. The Morgan fingerprint density at radius 3 is 2.50 bits per heavy atom. The van der Waals surface area contributed by atoms with Crippen LogP contribution in [0.5, 0.6) is 0 Å². The topological polar surface area (TPSA) is 67.2 Å². The highest BCUT2D eigenvalue weighted by Crippen LogP contribution is 2.24. The van der Waals surface area contributed by atoms with Gasteiger partial charge in [0.25, 0.3) is 5.91 Å². The molecule has 0 radical (unpaired) electrons. The Hall–Kier alpha value is -1.85. The van der Waals surface area contributed by atoms with Gasteiger partial charge in [0.2, 0.25) is 0 Å². The molecular formula is C18H24ClN3O2. The van der Waals surface area contributed by atoms with Gasteiger partial charge in [-0.1, -0.05) is 37.6 Å². The van der Waals surface area contributed by atoms with E-state index in [0.717, 1.165) is 5.56 Å². The third-order valence-electron chi connectivity index (χ3n) is 4.46. The maximum absolute atomic E-state index is 12.5. The zero-order chi connectivity index (χ0) is 17.9. The van der Waals surface area contributed by atoms with Gasteiger partial charge in [0.1, 0.15) is 0 Å². The second-order valence-electron chi connectivity index (χ2n) is 6.71. The van der Waals surface area contributed by atoms with Gasteiger partial charge >= 0.3 is 0 Å². The summed E-state index contributed by atoms with van der Waals surface area (Å²) in [5.41, 5.74) is 1.06. The molecule has 0 aliphatic heterocycles. The van der Waals surface area contributed by atoms with E-state index < -0.39 is 17.6 Å². The zero-order valence-corrected chi connectivity index (χ0v) is 15.2. The fourth-order valence-corrected chi connectivity index (χ4v) is 2.63. The van der Waals surface area contributed by atoms with Crippen molar-refractivity contribution in [3.8, 4) is 0 Å². The van der Waals surface area contributed by atoms with E-state index in [1.165, 1.54) is 6.20 Å². The van der Waals surface area contributed by atoms with Gasteiger partial charge in [-0.15, -0.1) is 0 Å². The minimum atomic E-state index is -1.23. The number of aliphatic hydroxyl groups excluding tert-OH is 1. The molecule has 0 saturated carbocycles. The lowest BCUT2D eigenvalue weighted by Crippen LogP contribution is -2.53. The first-order valence-corrected chi connectivity index (χ1v) is 8.32. The number of aliphatic hydroxyl groups is 1. The van der Waals surface area contributed by atoms with Crippen LogP contribution in [-0.2, 0) is 18.3 Å². The Morgan fingerprint density at radius 2 is 2.00 bits per heavy atom. The van der Waals surface area contributed by atoms with Gasteiger partial charge in [0.05, 0.1) is 6.20 Å². The lowest BCUT2D eigenvalue weighted by molar-refractivity contribution is -0.132. The summed E-state index contributed by atoms with van der Waals surface area (Å²) < 4.78 is 1.56. The number of amides is 1. The van der Waals surface area contributed by atoms with Crippen molar-refractivity contribution in [1.29, 1.82) is 0 Å². The van der Waals surface area contributed by atoms with Crippen LogP contribution < -0.4 is 5.32 Å². The van der Waals surface area contributed by atoms with Gasteiger partial charge in [0, 0.05) is 29.4 Å². The van der Waals surface area contributed by atoms with E-state index in [2.05, 4.69) is 10.4 Å². The van der Waals surface area contributed by atoms with Crippen molar-refractivity contribution in [2.24, 2.45) is 13.0 Å². The Labute approximate surface area is 147 Å². The molecule has 0 unspecified atom stereocenters. The number of nitrogens with one attached hydrogen (secondary N) is 1. The highest BCUT2D eigenvalue weighted by molar-refractivity contribution is 6.30. The molecule has 0 aliphatic carbocycles. The van der Waals surface area contributed by atoms with Crippen LogP contribution in [0, 0.1) is 5.92 Å².